The second-order valence-corrected chi connectivity index (χ2v) is 7.59. The minimum absolute atomic E-state index is 0.458. The minimum Gasteiger partial charge on any atom is -0.388 e. The topological polar surface area (TPSA) is 56.7 Å². The Morgan fingerprint density at radius 1 is 1.22 bits per heavy atom. The summed E-state index contributed by atoms with van der Waals surface area (Å²) in [6, 6.07) is 13.8. The Bertz CT molecular complexity index is 615. The number of hydrogen-bond donors (Lipinski definition) is 3. The third kappa shape index (κ3) is 6.33. The van der Waals surface area contributed by atoms with Crippen LogP contribution in [0.2, 0.25) is 0 Å². The molecule has 0 aliphatic heterocycles. The summed E-state index contributed by atoms with van der Waals surface area (Å²) in [4.78, 5) is 5.78. The van der Waals surface area contributed by atoms with E-state index in [2.05, 4.69) is 37.6 Å². The first-order chi connectivity index (χ1) is 11.2. The van der Waals surface area contributed by atoms with E-state index in [9.17, 15) is 5.11 Å². The Morgan fingerprint density at radius 2 is 2.00 bits per heavy atom. The number of halogens is 1. The molecule has 2 rings (SSSR count). The van der Waals surface area contributed by atoms with Gasteiger partial charge in [-0.2, -0.15) is 0 Å². The quantitative estimate of drug-likeness (QED) is 0.494. The predicted octanol–water partition coefficient (Wildman–Crippen LogP) is 3.69. The van der Waals surface area contributed by atoms with Crippen LogP contribution in [0.3, 0.4) is 0 Å². The first-order valence-electron chi connectivity index (χ1n) is 7.68. The number of aliphatic hydroxyl groups is 1. The summed E-state index contributed by atoms with van der Waals surface area (Å²) in [5.74, 6) is 0.775. The molecule has 1 aromatic heterocycles. The van der Waals surface area contributed by atoms with E-state index < -0.39 is 6.10 Å². The Morgan fingerprint density at radius 3 is 2.65 bits per heavy atom. The van der Waals surface area contributed by atoms with Gasteiger partial charge in [0.15, 0.2) is 5.96 Å². The number of hydrogen-bond acceptors (Lipinski definition) is 3. The van der Waals surface area contributed by atoms with Crippen LogP contribution in [0, 0.1) is 0 Å². The summed E-state index contributed by atoms with van der Waals surface area (Å²) in [6.07, 6.45) is 0.179. The van der Waals surface area contributed by atoms with Crippen LogP contribution in [0.25, 0.3) is 0 Å². The van der Waals surface area contributed by atoms with Crippen LogP contribution in [0.5, 0.6) is 0 Å². The number of rotatable bonds is 7. The molecule has 23 heavy (non-hydrogen) atoms. The van der Waals surface area contributed by atoms with Gasteiger partial charge in [0.1, 0.15) is 0 Å². The second kappa shape index (κ2) is 9.70. The Kier molecular flexibility index (Phi) is 7.58. The smallest absolute Gasteiger partial charge is 0.191 e. The van der Waals surface area contributed by atoms with Crippen molar-refractivity contribution in [1.82, 2.24) is 10.6 Å². The average Bonchev–Trinajstić information content (AvgIpc) is 2.99. The van der Waals surface area contributed by atoms with Crippen molar-refractivity contribution in [2.45, 2.75) is 26.0 Å². The zero-order valence-electron chi connectivity index (χ0n) is 13.1. The molecule has 1 atom stereocenters. The van der Waals surface area contributed by atoms with E-state index in [1.807, 2.05) is 43.3 Å². The standard InChI is InChI=1S/C17H22BrN3OS/c1-2-19-17(21-12-14-8-9-16(18)23-14)20-11-10-15(22)13-6-4-3-5-7-13/h3-9,15,22H,2,10-12H2,1H3,(H2,19,20,21). The summed E-state index contributed by atoms with van der Waals surface area (Å²) in [5.41, 5.74) is 0.944. The molecular weight excluding hydrogens is 374 g/mol. The third-order valence-corrected chi connectivity index (χ3v) is 4.87. The molecule has 6 heteroatoms. The van der Waals surface area contributed by atoms with Crippen molar-refractivity contribution in [3.05, 3.63) is 56.7 Å². The summed E-state index contributed by atoms with van der Waals surface area (Å²) >= 11 is 5.15. The number of guanidine groups is 1. The van der Waals surface area contributed by atoms with Crippen LogP contribution in [0.1, 0.15) is 29.9 Å². The third-order valence-electron chi connectivity index (χ3n) is 3.26. The number of nitrogens with one attached hydrogen (secondary N) is 2. The van der Waals surface area contributed by atoms with Gasteiger partial charge in [-0.25, -0.2) is 4.99 Å². The van der Waals surface area contributed by atoms with Crippen LogP contribution in [-0.4, -0.2) is 24.2 Å². The van der Waals surface area contributed by atoms with E-state index in [-0.39, 0.29) is 0 Å². The molecule has 1 unspecified atom stereocenters. The fourth-order valence-electron chi connectivity index (χ4n) is 2.10. The van der Waals surface area contributed by atoms with E-state index in [0.29, 0.717) is 19.5 Å². The van der Waals surface area contributed by atoms with E-state index >= 15 is 0 Å². The monoisotopic (exact) mass is 395 g/mol. The second-order valence-electron chi connectivity index (χ2n) is 5.04. The van der Waals surface area contributed by atoms with Crippen molar-refractivity contribution >= 4 is 33.2 Å². The van der Waals surface area contributed by atoms with Crippen LogP contribution in [0.4, 0.5) is 0 Å². The highest BCUT2D eigenvalue weighted by Crippen LogP contribution is 2.22. The number of aliphatic hydroxyl groups excluding tert-OH is 1. The summed E-state index contributed by atoms with van der Waals surface area (Å²) in [7, 11) is 0. The lowest BCUT2D eigenvalue weighted by molar-refractivity contribution is 0.168. The number of nitrogens with zero attached hydrogens (tertiary/aromatic N) is 1. The van der Waals surface area contributed by atoms with Gasteiger partial charge < -0.3 is 15.7 Å². The van der Waals surface area contributed by atoms with Crippen LogP contribution in [0.15, 0.2) is 51.2 Å². The first-order valence-corrected chi connectivity index (χ1v) is 9.29. The molecule has 1 heterocycles. The number of thiophene rings is 1. The Balaban J connectivity index is 1.82. The maximum atomic E-state index is 10.2. The molecule has 0 spiro atoms. The molecule has 0 fully saturated rings. The van der Waals surface area contributed by atoms with Gasteiger partial charge in [0.2, 0.25) is 0 Å². The molecular formula is C17H22BrN3OS. The molecule has 1 aromatic carbocycles. The van der Waals surface area contributed by atoms with Gasteiger partial charge >= 0.3 is 0 Å². The minimum atomic E-state index is -0.458. The van der Waals surface area contributed by atoms with Gasteiger partial charge in [-0.3, -0.25) is 0 Å². The molecule has 0 amide bonds. The van der Waals surface area contributed by atoms with Crippen molar-refractivity contribution in [3.63, 3.8) is 0 Å². The predicted molar refractivity (Wildman–Crippen MR) is 101 cm³/mol. The normalized spacial score (nSPS) is 12.9. The molecule has 3 N–H and O–H groups in total. The SMILES string of the molecule is CCNC(=NCc1ccc(Br)s1)NCCC(O)c1ccccc1. The van der Waals surface area contributed by atoms with Crippen molar-refractivity contribution in [2.75, 3.05) is 13.1 Å². The largest absolute Gasteiger partial charge is 0.388 e. The molecule has 0 aliphatic carbocycles. The van der Waals surface area contributed by atoms with Gasteiger partial charge in [0.05, 0.1) is 16.4 Å². The van der Waals surface area contributed by atoms with Crippen molar-refractivity contribution < 1.29 is 5.11 Å². The maximum absolute atomic E-state index is 10.2. The van der Waals surface area contributed by atoms with Crippen molar-refractivity contribution in [2.24, 2.45) is 4.99 Å². The maximum Gasteiger partial charge on any atom is 0.191 e. The molecule has 0 saturated heterocycles. The highest BCUT2D eigenvalue weighted by molar-refractivity contribution is 9.11. The van der Waals surface area contributed by atoms with Gasteiger partial charge in [0, 0.05) is 18.0 Å². The number of aliphatic imine (C=N–C) groups is 1. The van der Waals surface area contributed by atoms with E-state index in [1.54, 1.807) is 11.3 Å². The lowest BCUT2D eigenvalue weighted by Crippen LogP contribution is -2.38. The summed E-state index contributed by atoms with van der Waals surface area (Å²) in [5, 5.41) is 16.7. The Labute approximate surface area is 149 Å². The summed E-state index contributed by atoms with van der Waals surface area (Å²) in [6.45, 7) is 4.15. The van der Waals surface area contributed by atoms with Crippen LogP contribution >= 0.6 is 27.3 Å². The van der Waals surface area contributed by atoms with Gasteiger partial charge in [-0.15, -0.1) is 11.3 Å². The first kappa shape index (κ1) is 18.0. The fraction of sp³-hybridized carbons (Fsp3) is 0.353. The van der Waals surface area contributed by atoms with E-state index in [1.165, 1.54) is 4.88 Å². The lowest BCUT2D eigenvalue weighted by atomic mass is 10.1. The van der Waals surface area contributed by atoms with Crippen LogP contribution < -0.4 is 10.6 Å². The molecule has 0 saturated carbocycles. The number of benzene rings is 1. The molecule has 0 aliphatic rings. The van der Waals surface area contributed by atoms with E-state index in [4.69, 9.17) is 0 Å². The highest BCUT2D eigenvalue weighted by Gasteiger charge is 2.07. The van der Waals surface area contributed by atoms with Crippen molar-refractivity contribution in [3.8, 4) is 0 Å². The Hall–Kier alpha value is -1.37. The molecule has 2 aromatic rings. The van der Waals surface area contributed by atoms with Gasteiger partial charge in [-0.05, 0) is 47.0 Å². The van der Waals surface area contributed by atoms with Gasteiger partial charge in [0.25, 0.3) is 0 Å². The average molecular weight is 396 g/mol. The van der Waals surface area contributed by atoms with Crippen molar-refractivity contribution in [1.29, 1.82) is 0 Å². The van der Waals surface area contributed by atoms with E-state index in [0.717, 1.165) is 21.9 Å². The zero-order valence-corrected chi connectivity index (χ0v) is 15.5. The summed E-state index contributed by atoms with van der Waals surface area (Å²) < 4.78 is 1.12. The fourth-order valence-corrected chi connectivity index (χ4v) is 3.51. The van der Waals surface area contributed by atoms with Gasteiger partial charge in [-0.1, -0.05) is 30.3 Å². The highest BCUT2D eigenvalue weighted by atomic mass is 79.9. The lowest BCUT2D eigenvalue weighted by Gasteiger charge is -2.14. The van der Waals surface area contributed by atoms with Crippen LogP contribution in [-0.2, 0) is 6.54 Å². The molecule has 0 radical (unpaired) electrons. The molecule has 4 nitrogen and oxygen atoms in total. The molecule has 124 valence electrons. The zero-order chi connectivity index (χ0) is 16.5. The molecule has 0 bridgehead atoms.